The second-order valence-corrected chi connectivity index (χ2v) is 10.3. The van der Waals surface area contributed by atoms with E-state index in [2.05, 4.69) is 0 Å². The molecule has 1 aliphatic rings. The molecule has 0 bridgehead atoms. The van der Waals surface area contributed by atoms with Crippen LogP contribution in [0.2, 0.25) is 0 Å². The average molecular weight is 461 g/mol. The molecular weight excluding hydrogens is 436 g/mol. The summed E-state index contributed by atoms with van der Waals surface area (Å²) in [5.74, 6) is 0.344. The maximum absolute atomic E-state index is 12.2. The van der Waals surface area contributed by atoms with Crippen molar-refractivity contribution < 1.29 is 21.9 Å². The number of piperazine rings is 1. The van der Waals surface area contributed by atoms with E-state index in [9.17, 15) is 17.2 Å². The van der Waals surface area contributed by atoms with E-state index >= 15 is 0 Å². The molecule has 0 radical (unpaired) electrons. The van der Waals surface area contributed by atoms with Crippen LogP contribution in [-0.4, -0.2) is 53.9 Å². The van der Waals surface area contributed by atoms with Crippen LogP contribution in [0, 0.1) is 0 Å². The van der Waals surface area contributed by atoms with E-state index in [1.165, 1.54) is 10.6 Å². The Kier molecular flexibility index (Phi) is 6.29. The normalized spacial score (nSPS) is 16.4. The minimum absolute atomic E-state index is 0.204. The van der Waals surface area contributed by atoms with E-state index in [0.717, 1.165) is 16.3 Å². The van der Waals surface area contributed by atoms with Crippen LogP contribution in [0.3, 0.4) is 0 Å². The standard InChI is InChI=1S/C22H24N2O5S2/c1-31(27,28)24-14-12-23(13-15-24)20-10-5-11-21(22(20)30(25)26)29-16-18-8-4-7-17-6-2-3-9-19(17)18/h2-11H,12-16H2,1H3,(H,25,26). The van der Waals surface area contributed by atoms with Gasteiger partial charge in [-0.25, -0.2) is 12.6 Å². The van der Waals surface area contributed by atoms with Gasteiger partial charge in [-0.2, -0.15) is 4.31 Å². The van der Waals surface area contributed by atoms with Gasteiger partial charge in [0.15, 0.2) is 11.1 Å². The zero-order valence-corrected chi connectivity index (χ0v) is 18.7. The summed E-state index contributed by atoms with van der Waals surface area (Å²) in [6.45, 7) is 1.79. The number of benzene rings is 3. The Morgan fingerprint density at radius 2 is 1.65 bits per heavy atom. The smallest absolute Gasteiger partial charge is 0.211 e. The van der Waals surface area contributed by atoms with Crippen LogP contribution >= 0.6 is 0 Å². The van der Waals surface area contributed by atoms with E-state index in [1.807, 2.05) is 47.4 Å². The van der Waals surface area contributed by atoms with Crippen molar-refractivity contribution in [1.29, 1.82) is 0 Å². The Labute approximate surface area is 184 Å². The SMILES string of the molecule is CS(=O)(=O)N1CCN(c2cccc(OCc3cccc4ccccc34)c2S(=O)O)CC1. The highest BCUT2D eigenvalue weighted by Crippen LogP contribution is 2.34. The van der Waals surface area contributed by atoms with Crippen molar-refractivity contribution in [3.8, 4) is 5.75 Å². The highest BCUT2D eigenvalue weighted by molar-refractivity contribution is 7.88. The van der Waals surface area contributed by atoms with Crippen LogP contribution in [0.25, 0.3) is 10.8 Å². The number of sulfonamides is 1. The van der Waals surface area contributed by atoms with E-state index in [-0.39, 0.29) is 11.5 Å². The molecule has 0 aromatic heterocycles. The van der Waals surface area contributed by atoms with Crippen molar-refractivity contribution in [2.24, 2.45) is 0 Å². The van der Waals surface area contributed by atoms with Gasteiger partial charge in [-0.05, 0) is 28.5 Å². The Morgan fingerprint density at radius 1 is 0.968 bits per heavy atom. The Balaban J connectivity index is 1.59. The van der Waals surface area contributed by atoms with Gasteiger partial charge in [0.2, 0.25) is 10.0 Å². The third kappa shape index (κ3) is 4.74. The summed E-state index contributed by atoms with van der Waals surface area (Å²) in [5.41, 5.74) is 1.57. The maximum Gasteiger partial charge on any atom is 0.211 e. The third-order valence-electron chi connectivity index (χ3n) is 5.44. The Morgan fingerprint density at radius 3 is 2.35 bits per heavy atom. The van der Waals surface area contributed by atoms with Crippen molar-refractivity contribution in [2.45, 2.75) is 11.5 Å². The molecule has 0 saturated carbocycles. The number of fused-ring (bicyclic) bond motifs is 1. The van der Waals surface area contributed by atoms with E-state index in [4.69, 9.17) is 4.74 Å². The van der Waals surface area contributed by atoms with Gasteiger partial charge in [0.05, 0.1) is 11.9 Å². The molecule has 0 amide bonds. The lowest BCUT2D eigenvalue weighted by molar-refractivity contribution is 0.299. The quantitative estimate of drug-likeness (QED) is 0.569. The number of anilines is 1. The molecule has 1 unspecified atom stereocenters. The minimum Gasteiger partial charge on any atom is -0.487 e. The molecule has 0 spiro atoms. The van der Waals surface area contributed by atoms with E-state index in [0.29, 0.717) is 37.6 Å². The molecule has 1 N–H and O–H groups in total. The lowest BCUT2D eigenvalue weighted by Crippen LogP contribution is -2.48. The lowest BCUT2D eigenvalue weighted by Gasteiger charge is -2.35. The highest BCUT2D eigenvalue weighted by atomic mass is 32.2. The molecule has 1 fully saturated rings. The molecule has 3 aromatic rings. The first kappa shape index (κ1) is 21.8. The average Bonchev–Trinajstić information content (AvgIpc) is 2.76. The summed E-state index contributed by atoms with van der Waals surface area (Å²) in [5, 5.41) is 2.18. The highest BCUT2D eigenvalue weighted by Gasteiger charge is 2.27. The van der Waals surface area contributed by atoms with Crippen molar-refractivity contribution in [3.05, 3.63) is 66.2 Å². The molecule has 1 heterocycles. The molecule has 1 atom stereocenters. The van der Waals surface area contributed by atoms with E-state index in [1.54, 1.807) is 18.2 Å². The molecule has 31 heavy (non-hydrogen) atoms. The maximum atomic E-state index is 12.2. The van der Waals surface area contributed by atoms with Crippen LogP contribution in [-0.2, 0) is 27.7 Å². The zero-order valence-electron chi connectivity index (χ0n) is 17.1. The van der Waals surface area contributed by atoms with Crippen molar-refractivity contribution in [3.63, 3.8) is 0 Å². The van der Waals surface area contributed by atoms with Gasteiger partial charge in [-0.1, -0.05) is 48.5 Å². The number of hydrogen-bond donors (Lipinski definition) is 1. The molecule has 9 heteroatoms. The second-order valence-electron chi connectivity index (χ2n) is 7.43. The lowest BCUT2D eigenvalue weighted by atomic mass is 10.1. The monoisotopic (exact) mass is 460 g/mol. The topological polar surface area (TPSA) is 87.2 Å². The van der Waals surface area contributed by atoms with Crippen LogP contribution in [0.15, 0.2) is 65.6 Å². The first-order valence-electron chi connectivity index (χ1n) is 9.88. The number of ether oxygens (including phenoxy) is 1. The minimum atomic E-state index is -3.25. The van der Waals surface area contributed by atoms with Crippen LogP contribution in [0.5, 0.6) is 5.75 Å². The molecule has 4 rings (SSSR count). The predicted molar refractivity (Wildman–Crippen MR) is 122 cm³/mol. The fraction of sp³-hybridized carbons (Fsp3) is 0.273. The Bertz CT molecular complexity index is 1220. The first-order chi connectivity index (χ1) is 14.8. The summed E-state index contributed by atoms with van der Waals surface area (Å²) < 4.78 is 53.2. The molecule has 164 valence electrons. The van der Waals surface area contributed by atoms with Gasteiger partial charge in [0.25, 0.3) is 0 Å². The second kappa shape index (κ2) is 8.96. The summed E-state index contributed by atoms with van der Waals surface area (Å²) >= 11 is -2.26. The van der Waals surface area contributed by atoms with Crippen LogP contribution < -0.4 is 9.64 Å². The van der Waals surface area contributed by atoms with Gasteiger partial charge < -0.3 is 14.2 Å². The fourth-order valence-electron chi connectivity index (χ4n) is 3.88. The van der Waals surface area contributed by atoms with Gasteiger partial charge in [-0.15, -0.1) is 0 Å². The molecule has 0 aliphatic carbocycles. The Hall–Kier alpha value is -2.46. The largest absolute Gasteiger partial charge is 0.487 e. The number of hydrogen-bond acceptors (Lipinski definition) is 5. The van der Waals surface area contributed by atoms with Crippen LogP contribution in [0.1, 0.15) is 5.56 Å². The van der Waals surface area contributed by atoms with Crippen molar-refractivity contribution in [2.75, 3.05) is 37.3 Å². The summed E-state index contributed by atoms with van der Waals surface area (Å²) in [7, 11) is -3.25. The molecule has 1 aliphatic heterocycles. The predicted octanol–water partition coefficient (Wildman–Crippen LogP) is 3.08. The van der Waals surface area contributed by atoms with E-state index < -0.39 is 21.1 Å². The number of rotatable bonds is 6. The summed E-state index contributed by atoms with van der Waals surface area (Å²) in [6.07, 6.45) is 1.19. The molecular formula is C22H24N2O5S2. The van der Waals surface area contributed by atoms with Gasteiger partial charge in [0, 0.05) is 26.2 Å². The molecule has 7 nitrogen and oxygen atoms in total. The summed E-state index contributed by atoms with van der Waals surface area (Å²) in [4.78, 5) is 2.13. The van der Waals surface area contributed by atoms with Gasteiger partial charge >= 0.3 is 0 Å². The van der Waals surface area contributed by atoms with Crippen molar-refractivity contribution in [1.82, 2.24) is 4.31 Å². The van der Waals surface area contributed by atoms with Crippen molar-refractivity contribution >= 4 is 37.6 Å². The van der Waals surface area contributed by atoms with Gasteiger partial charge in [0.1, 0.15) is 17.3 Å². The fourth-order valence-corrected chi connectivity index (χ4v) is 5.38. The van der Waals surface area contributed by atoms with Gasteiger partial charge in [-0.3, -0.25) is 0 Å². The molecule has 1 saturated heterocycles. The zero-order chi connectivity index (χ0) is 22.0. The first-order valence-corrected chi connectivity index (χ1v) is 12.8. The number of nitrogens with zero attached hydrogens (tertiary/aromatic N) is 2. The third-order valence-corrected chi connectivity index (χ3v) is 7.51. The summed E-state index contributed by atoms with van der Waals surface area (Å²) in [6, 6.07) is 19.2. The molecule has 3 aromatic carbocycles. The van der Waals surface area contributed by atoms with Crippen LogP contribution in [0.4, 0.5) is 5.69 Å².